The summed E-state index contributed by atoms with van der Waals surface area (Å²) in [6.45, 7) is 0.328. The van der Waals surface area contributed by atoms with Crippen molar-refractivity contribution in [3.8, 4) is 0 Å². The summed E-state index contributed by atoms with van der Waals surface area (Å²) in [7, 11) is 0. The van der Waals surface area contributed by atoms with Gasteiger partial charge in [-0.25, -0.2) is 8.78 Å². The van der Waals surface area contributed by atoms with Crippen LogP contribution in [0.25, 0.3) is 0 Å². The highest BCUT2D eigenvalue weighted by Crippen LogP contribution is 2.22. The molecule has 0 amide bonds. The first-order chi connectivity index (χ1) is 6.19. The standard InChI is InChI=1S/C9H11F2NS/c1-13-9-5-7(10)6(2-3-12)4-8(9)11/h4-5H,2-3,12H2,1H3. The lowest BCUT2D eigenvalue weighted by Gasteiger charge is -2.04. The van der Waals surface area contributed by atoms with Crippen LogP contribution in [0.5, 0.6) is 0 Å². The summed E-state index contributed by atoms with van der Waals surface area (Å²) in [5, 5.41) is 0. The van der Waals surface area contributed by atoms with E-state index in [4.69, 9.17) is 5.73 Å². The van der Waals surface area contributed by atoms with Gasteiger partial charge in [0.2, 0.25) is 0 Å². The molecule has 1 nitrogen and oxygen atoms in total. The van der Waals surface area contributed by atoms with E-state index in [-0.39, 0.29) is 11.6 Å². The van der Waals surface area contributed by atoms with Crippen LogP contribution in [0.1, 0.15) is 5.56 Å². The lowest BCUT2D eigenvalue weighted by molar-refractivity contribution is 0.565. The molecule has 1 aromatic rings. The third-order valence-corrected chi connectivity index (χ3v) is 2.49. The van der Waals surface area contributed by atoms with E-state index >= 15 is 0 Å². The van der Waals surface area contributed by atoms with E-state index < -0.39 is 0 Å². The molecular formula is C9H11F2NS. The lowest BCUT2D eigenvalue weighted by atomic mass is 10.1. The van der Waals surface area contributed by atoms with Crippen molar-refractivity contribution in [2.45, 2.75) is 11.3 Å². The van der Waals surface area contributed by atoms with Crippen molar-refractivity contribution >= 4 is 11.8 Å². The maximum absolute atomic E-state index is 13.2. The van der Waals surface area contributed by atoms with Crippen LogP contribution >= 0.6 is 11.8 Å². The SMILES string of the molecule is CSc1cc(F)c(CCN)cc1F. The molecule has 0 bridgehead atoms. The summed E-state index contributed by atoms with van der Waals surface area (Å²) >= 11 is 1.19. The van der Waals surface area contributed by atoms with Crippen LogP contribution in [0, 0.1) is 11.6 Å². The Kier molecular flexibility index (Phi) is 3.69. The Morgan fingerprint density at radius 1 is 1.31 bits per heavy atom. The first-order valence-electron chi connectivity index (χ1n) is 3.91. The number of halogens is 2. The maximum Gasteiger partial charge on any atom is 0.137 e. The molecule has 0 aliphatic carbocycles. The van der Waals surface area contributed by atoms with Gasteiger partial charge in [0.15, 0.2) is 0 Å². The Bertz CT molecular complexity index is 302. The van der Waals surface area contributed by atoms with E-state index in [0.29, 0.717) is 23.4 Å². The Balaban J connectivity index is 3.05. The molecule has 13 heavy (non-hydrogen) atoms. The van der Waals surface area contributed by atoms with Crippen molar-refractivity contribution in [2.75, 3.05) is 12.8 Å². The molecule has 72 valence electrons. The fourth-order valence-corrected chi connectivity index (χ4v) is 1.55. The predicted octanol–water partition coefficient (Wildman–Crippen LogP) is 2.19. The Morgan fingerprint density at radius 2 is 2.00 bits per heavy atom. The molecule has 1 rings (SSSR count). The molecule has 0 heterocycles. The van der Waals surface area contributed by atoms with Crippen LogP contribution in [0.3, 0.4) is 0 Å². The molecule has 0 aliphatic rings. The van der Waals surface area contributed by atoms with Gasteiger partial charge >= 0.3 is 0 Å². The summed E-state index contributed by atoms with van der Waals surface area (Å²) in [5.74, 6) is -0.756. The van der Waals surface area contributed by atoms with Gasteiger partial charge < -0.3 is 5.73 Å². The van der Waals surface area contributed by atoms with Gasteiger partial charge in [-0.1, -0.05) is 0 Å². The molecular weight excluding hydrogens is 192 g/mol. The summed E-state index contributed by atoms with van der Waals surface area (Å²) in [6.07, 6.45) is 2.08. The third kappa shape index (κ3) is 2.42. The lowest BCUT2D eigenvalue weighted by Crippen LogP contribution is -2.05. The highest BCUT2D eigenvalue weighted by molar-refractivity contribution is 7.98. The molecule has 0 aliphatic heterocycles. The Labute approximate surface area is 80.3 Å². The van der Waals surface area contributed by atoms with E-state index in [1.807, 2.05) is 0 Å². The predicted molar refractivity (Wildman–Crippen MR) is 50.9 cm³/mol. The molecule has 2 N–H and O–H groups in total. The van der Waals surface area contributed by atoms with E-state index in [0.717, 1.165) is 0 Å². The maximum atomic E-state index is 13.2. The first kappa shape index (κ1) is 10.5. The van der Waals surface area contributed by atoms with Crippen molar-refractivity contribution in [1.82, 2.24) is 0 Å². The van der Waals surface area contributed by atoms with Crippen molar-refractivity contribution in [3.63, 3.8) is 0 Å². The van der Waals surface area contributed by atoms with Crippen molar-refractivity contribution in [3.05, 3.63) is 29.3 Å². The van der Waals surface area contributed by atoms with Crippen molar-refractivity contribution in [1.29, 1.82) is 0 Å². The smallest absolute Gasteiger partial charge is 0.137 e. The van der Waals surface area contributed by atoms with Gasteiger partial charge in [-0.3, -0.25) is 0 Å². The number of benzene rings is 1. The average molecular weight is 203 g/mol. The van der Waals surface area contributed by atoms with Gasteiger partial charge in [0.1, 0.15) is 11.6 Å². The molecule has 0 aromatic heterocycles. The highest BCUT2D eigenvalue weighted by atomic mass is 32.2. The Morgan fingerprint density at radius 3 is 2.54 bits per heavy atom. The zero-order chi connectivity index (χ0) is 9.84. The second-order valence-corrected chi connectivity index (χ2v) is 3.46. The van der Waals surface area contributed by atoms with Gasteiger partial charge in [0.25, 0.3) is 0 Å². The average Bonchev–Trinajstić information content (AvgIpc) is 2.11. The minimum atomic E-state index is -0.379. The quantitative estimate of drug-likeness (QED) is 0.762. The summed E-state index contributed by atoms with van der Waals surface area (Å²) in [6, 6.07) is 2.43. The van der Waals surface area contributed by atoms with Crippen LogP contribution in [0.15, 0.2) is 17.0 Å². The van der Waals surface area contributed by atoms with Crippen LogP contribution in [-0.2, 0) is 6.42 Å². The summed E-state index contributed by atoms with van der Waals surface area (Å²) in [4.78, 5) is 0.332. The number of hydrogen-bond acceptors (Lipinski definition) is 2. The number of thioether (sulfide) groups is 1. The highest BCUT2D eigenvalue weighted by Gasteiger charge is 2.08. The molecule has 0 fully saturated rings. The van der Waals surface area contributed by atoms with E-state index in [9.17, 15) is 8.78 Å². The molecule has 0 spiro atoms. The summed E-state index contributed by atoms with van der Waals surface area (Å²) < 4.78 is 26.3. The van der Waals surface area contributed by atoms with Crippen LogP contribution < -0.4 is 5.73 Å². The fourth-order valence-electron chi connectivity index (χ4n) is 1.07. The zero-order valence-corrected chi connectivity index (χ0v) is 8.13. The Hall–Kier alpha value is -0.610. The van der Waals surface area contributed by atoms with Gasteiger partial charge in [0, 0.05) is 4.90 Å². The zero-order valence-electron chi connectivity index (χ0n) is 7.31. The van der Waals surface area contributed by atoms with Crippen LogP contribution in [-0.4, -0.2) is 12.8 Å². The van der Waals surface area contributed by atoms with E-state index in [1.54, 1.807) is 6.26 Å². The third-order valence-electron chi connectivity index (χ3n) is 1.73. The number of hydrogen-bond donors (Lipinski definition) is 1. The van der Waals surface area contributed by atoms with Gasteiger partial charge in [-0.15, -0.1) is 11.8 Å². The second-order valence-electron chi connectivity index (χ2n) is 2.62. The number of nitrogens with two attached hydrogens (primary N) is 1. The van der Waals surface area contributed by atoms with Crippen LogP contribution in [0.2, 0.25) is 0 Å². The van der Waals surface area contributed by atoms with E-state index in [2.05, 4.69) is 0 Å². The second kappa shape index (κ2) is 4.58. The van der Waals surface area contributed by atoms with E-state index in [1.165, 1.54) is 23.9 Å². The molecule has 0 saturated carbocycles. The van der Waals surface area contributed by atoms with Crippen molar-refractivity contribution in [2.24, 2.45) is 5.73 Å². The first-order valence-corrected chi connectivity index (χ1v) is 5.13. The monoisotopic (exact) mass is 203 g/mol. The van der Waals surface area contributed by atoms with Crippen molar-refractivity contribution < 1.29 is 8.78 Å². The molecule has 0 unspecified atom stereocenters. The molecule has 0 radical (unpaired) electrons. The minimum Gasteiger partial charge on any atom is -0.330 e. The van der Waals surface area contributed by atoms with Gasteiger partial charge in [-0.05, 0) is 36.9 Å². The molecule has 1 aromatic carbocycles. The minimum absolute atomic E-state index is 0.328. The fraction of sp³-hybridized carbons (Fsp3) is 0.333. The summed E-state index contributed by atoms with van der Waals surface area (Å²) in [5.41, 5.74) is 5.60. The number of rotatable bonds is 3. The van der Waals surface area contributed by atoms with Gasteiger partial charge in [0.05, 0.1) is 0 Å². The molecule has 0 atom stereocenters. The molecule has 0 saturated heterocycles. The van der Waals surface area contributed by atoms with Gasteiger partial charge in [-0.2, -0.15) is 0 Å². The normalized spacial score (nSPS) is 10.5. The largest absolute Gasteiger partial charge is 0.330 e. The molecule has 4 heteroatoms. The van der Waals surface area contributed by atoms with Crippen LogP contribution in [0.4, 0.5) is 8.78 Å². The topological polar surface area (TPSA) is 26.0 Å².